The number of rotatable bonds is 5. The van der Waals surface area contributed by atoms with E-state index >= 15 is 0 Å². The molecule has 0 bridgehead atoms. The van der Waals surface area contributed by atoms with Gasteiger partial charge in [0.25, 0.3) is 5.91 Å². The van der Waals surface area contributed by atoms with Crippen molar-refractivity contribution < 1.29 is 14.4 Å². The number of hydrogen-bond donors (Lipinski definition) is 2. The van der Waals surface area contributed by atoms with Gasteiger partial charge in [-0.1, -0.05) is 12.1 Å². The van der Waals surface area contributed by atoms with E-state index in [4.69, 9.17) is 10.5 Å². The van der Waals surface area contributed by atoms with Crippen LogP contribution in [0.5, 0.6) is 5.75 Å². The standard InChI is InChI=1S/C12H18N2O2/c1-9(12(13)15)14(2)8-10-5-4-6-11(7-10)16-3/h4-7,9H,8H2,1-3H3,(H2,13,15)/p+1/t9-/m0/s1. The molecule has 3 N–H and O–H groups in total. The number of likely N-dealkylation sites (N-methyl/N-ethyl adjacent to an activating group) is 1. The summed E-state index contributed by atoms with van der Waals surface area (Å²) >= 11 is 0. The first kappa shape index (κ1) is 12.5. The highest BCUT2D eigenvalue weighted by molar-refractivity contribution is 5.77. The molecule has 0 radical (unpaired) electrons. The van der Waals surface area contributed by atoms with E-state index in [1.807, 2.05) is 38.2 Å². The van der Waals surface area contributed by atoms with E-state index < -0.39 is 0 Å². The highest BCUT2D eigenvalue weighted by Gasteiger charge is 2.18. The number of carbonyl (C=O) groups excluding carboxylic acids is 1. The number of nitrogens with two attached hydrogens (primary N) is 1. The van der Waals surface area contributed by atoms with Gasteiger partial charge in [-0.2, -0.15) is 0 Å². The van der Waals surface area contributed by atoms with Crippen LogP contribution < -0.4 is 15.4 Å². The number of methoxy groups -OCH3 is 1. The number of benzene rings is 1. The first-order valence-electron chi connectivity index (χ1n) is 5.29. The van der Waals surface area contributed by atoms with Gasteiger partial charge in [0, 0.05) is 5.56 Å². The smallest absolute Gasteiger partial charge is 0.275 e. The Kier molecular flexibility index (Phi) is 4.31. The first-order valence-corrected chi connectivity index (χ1v) is 5.29. The monoisotopic (exact) mass is 223 g/mol. The molecule has 0 heterocycles. The highest BCUT2D eigenvalue weighted by atomic mass is 16.5. The van der Waals surface area contributed by atoms with Gasteiger partial charge in [0.05, 0.1) is 14.2 Å². The second-order valence-corrected chi connectivity index (χ2v) is 4.00. The maximum absolute atomic E-state index is 11.0. The summed E-state index contributed by atoms with van der Waals surface area (Å²) in [7, 11) is 3.59. The fraction of sp³-hybridized carbons (Fsp3) is 0.417. The average molecular weight is 223 g/mol. The molecule has 0 aliphatic rings. The fourth-order valence-electron chi connectivity index (χ4n) is 1.50. The SMILES string of the molecule is COc1cccc(C[NH+](C)[C@@H](C)C(N)=O)c1. The molecular formula is C12H19N2O2+. The second-order valence-electron chi connectivity index (χ2n) is 4.00. The fourth-order valence-corrected chi connectivity index (χ4v) is 1.50. The summed E-state index contributed by atoms with van der Waals surface area (Å²) in [5.41, 5.74) is 6.39. The normalized spacial score (nSPS) is 14.2. The van der Waals surface area contributed by atoms with Crippen molar-refractivity contribution in [2.24, 2.45) is 5.73 Å². The van der Waals surface area contributed by atoms with Crippen molar-refractivity contribution in [3.8, 4) is 5.75 Å². The minimum Gasteiger partial charge on any atom is -0.497 e. The summed E-state index contributed by atoms with van der Waals surface area (Å²) in [6.07, 6.45) is 0. The zero-order valence-corrected chi connectivity index (χ0v) is 9.99. The molecule has 1 aromatic carbocycles. The number of amides is 1. The summed E-state index contributed by atoms with van der Waals surface area (Å²) in [4.78, 5) is 12.1. The number of hydrogen-bond acceptors (Lipinski definition) is 2. The van der Waals surface area contributed by atoms with Crippen LogP contribution in [0, 0.1) is 0 Å². The lowest BCUT2D eigenvalue weighted by Crippen LogP contribution is -3.12. The van der Waals surface area contributed by atoms with Crippen molar-refractivity contribution in [1.82, 2.24) is 0 Å². The lowest BCUT2D eigenvalue weighted by atomic mass is 10.2. The lowest BCUT2D eigenvalue weighted by Gasteiger charge is -2.19. The van der Waals surface area contributed by atoms with Gasteiger partial charge < -0.3 is 15.4 Å². The van der Waals surface area contributed by atoms with E-state index in [2.05, 4.69) is 0 Å². The van der Waals surface area contributed by atoms with Crippen molar-refractivity contribution in [1.29, 1.82) is 0 Å². The molecule has 1 unspecified atom stereocenters. The van der Waals surface area contributed by atoms with Gasteiger partial charge in [-0.05, 0) is 19.1 Å². The topological polar surface area (TPSA) is 56.8 Å². The van der Waals surface area contributed by atoms with E-state index in [0.29, 0.717) is 0 Å². The summed E-state index contributed by atoms with van der Waals surface area (Å²) in [5, 5.41) is 0. The van der Waals surface area contributed by atoms with Gasteiger partial charge in [-0.15, -0.1) is 0 Å². The van der Waals surface area contributed by atoms with Crippen LogP contribution in [0.2, 0.25) is 0 Å². The van der Waals surface area contributed by atoms with Gasteiger partial charge in [-0.25, -0.2) is 0 Å². The van der Waals surface area contributed by atoms with Crippen molar-refractivity contribution in [3.05, 3.63) is 29.8 Å². The van der Waals surface area contributed by atoms with Crippen molar-refractivity contribution in [3.63, 3.8) is 0 Å². The molecule has 0 saturated carbocycles. The molecule has 4 heteroatoms. The summed E-state index contributed by atoms with van der Waals surface area (Å²) < 4.78 is 5.14. The van der Waals surface area contributed by atoms with Gasteiger partial charge in [-0.3, -0.25) is 4.79 Å². The number of ether oxygens (including phenoxy) is 1. The van der Waals surface area contributed by atoms with E-state index in [1.54, 1.807) is 7.11 Å². The van der Waals surface area contributed by atoms with Crippen LogP contribution in [0.15, 0.2) is 24.3 Å². The Balaban J connectivity index is 2.68. The highest BCUT2D eigenvalue weighted by Crippen LogP contribution is 2.11. The largest absolute Gasteiger partial charge is 0.497 e. The third kappa shape index (κ3) is 3.24. The molecule has 88 valence electrons. The van der Waals surface area contributed by atoms with Crippen molar-refractivity contribution >= 4 is 5.91 Å². The molecule has 0 aromatic heterocycles. The van der Waals surface area contributed by atoms with Crippen LogP contribution in [0.4, 0.5) is 0 Å². The minimum atomic E-state index is -0.277. The molecule has 0 spiro atoms. The van der Waals surface area contributed by atoms with E-state index in [9.17, 15) is 4.79 Å². The molecule has 0 aliphatic carbocycles. The molecule has 0 aliphatic heterocycles. The Morgan fingerprint density at radius 1 is 1.56 bits per heavy atom. The minimum absolute atomic E-state index is 0.189. The predicted octanol–water partition coefficient (Wildman–Crippen LogP) is -0.416. The van der Waals surface area contributed by atoms with Crippen LogP contribution >= 0.6 is 0 Å². The third-order valence-electron chi connectivity index (χ3n) is 2.78. The second kappa shape index (κ2) is 5.51. The Bertz CT molecular complexity index is 366. The van der Waals surface area contributed by atoms with Crippen molar-refractivity contribution in [2.75, 3.05) is 14.2 Å². The predicted molar refractivity (Wildman–Crippen MR) is 62.2 cm³/mol. The molecule has 1 amide bonds. The first-order chi connectivity index (χ1) is 7.54. The Hall–Kier alpha value is -1.55. The molecule has 1 aromatic rings. The molecule has 4 nitrogen and oxygen atoms in total. The molecule has 0 saturated heterocycles. The zero-order valence-electron chi connectivity index (χ0n) is 9.99. The Morgan fingerprint density at radius 2 is 2.25 bits per heavy atom. The quantitative estimate of drug-likeness (QED) is 0.712. The van der Waals surface area contributed by atoms with Crippen molar-refractivity contribution in [2.45, 2.75) is 19.5 Å². The number of nitrogens with one attached hydrogen (secondary N) is 1. The van der Waals surface area contributed by atoms with E-state index in [-0.39, 0.29) is 11.9 Å². The zero-order chi connectivity index (χ0) is 12.1. The number of quaternary nitrogens is 1. The maximum atomic E-state index is 11.0. The van der Waals surface area contributed by atoms with Crippen LogP contribution in [0.3, 0.4) is 0 Å². The Labute approximate surface area is 96.0 Å². The van der Waals surface area contributed by atoms with E-state index in [0.717, 1.165) is 22.8 Å². The molecular weight excluding hydrogens is 204 g/mol. The van der Waals surface area contributed by atoms with Gasteiger partial charge in [0.1, 0.15) is 12.3 Å². The van der Waals surface area contributed by atoms with Gasteiger partial charge in [0.15, 0.2) is 6.04 Å². The third-order valence-corrected chi connectivity index (χ3v) is 2.78. The molecule has 0 fully saturated rings. The summed E-state index contributed by atoms with van der Waals surface area (Å²) in [6, 6.07) is 7.63. The summed E-state index contributed by atoms with van der Waals surface area (Å²) in [5.74, 6) is 0.553. The van der Waals surface area contributed by atoms with Crippen LogP contribution in [0.1, 0.15) is 12.5 Å². The molecule has 2 atom stereocenters. The maximum Gasteiger partial charge on any atom is 0.275 e. The number of primary amides is 1. The average Bonchev–Trinajstić information content (AvgIpc) is 2.28. The molecule has 16 heavy (non-hydrogen) atoms. The Morgan fingerprint density at radius 3 is 2.81 bits per heavy atom. The van der Waals surface area contributed by atoms with Crippen LogP contribution in [0.25, 0.3) is 0 Å². The number of carbonyl (C=O) groups is 1. The van der Waals surface area contributed by atoms with Crippen LogP contribution in [-0.4, -0.2) is 26.1 Å². The molecule has 1 rings (SSSR count). The summed E-state index contributed by atoms with van der Waals surface area (Å²) in [6.45, 7) is 2.58. The van der Waals surface area contributed by atoms with Gasteiger partial charge in [0.2, 0.25) is 0 Å². The lowest BCUT2D eigenvalue weighted by molar-refractivity contribution is -0.908. The van der Waals surface area contributed by atoms with E-state index in [1.165, 1.54) is 0 Å². The van der Waals surface area contributed by atoms with Crippen LogP contribution in [-0.2, 0) is 11.3 Å². The van der Waals surface area contributed by atoms with Gasteiger partial charge >= 0.3 is 0 Å².